The third-order valence-corrected chi connectivity index (χ3v) is 3.86. The molecule has 1 saturated heterocycles. The van der Waals surface area contributed by atoms with E-state index in [1.54, 1.807) is 0 Å². The first-order chi connectivity index (χ1) is 2.77. The molecule has 4 heteroatoms. The minimum Gasteiger partial charge on any atom is -0.368 e. The van der Waals surface area contributed by atoms with Gasteiger partial charge in [0.15, 0.2) is 4.27 Å². The third-order valence-electron chi connectivity index (χ3n) is 0.476. The lowest BCUT2D eigenvalue weighted by molar-refractivity contribution is 0.268. The van der Waals surface area contributed by atoms with Crippen LogP contribution in [-0.2, 0) is 0 Å². The molecule has 0 aromatic rings. The van der Waals surface area contributed by atoms with E-state index in [1.165, 1.54) is 21.6 Å². The Labute approximate surface area is 49.7 Å². The first-order valence-electron chi connectivity index (χ1n) is 1.47. The summed E-state index contributed by atoms with van der Waals surface area (Å²) in [5.74, 6) is 0.558. The average molecular weight is 140 g/mol. The summed E-state index contributed by atoms with van der Waals surface area (Å²) in [7, 11) is 2.93. The van der Waals surface area contributed by atoms with Crippen LogP contribution in [0.25, 0.3) is 0 Å². The largest absolute Gasteiger partial charge is 0.368 e. The van der Waals surface area contributed by atoms with Gasteiger partial charge >= 0.3 is 0 Å². The highest BCUT2D eigenvalue weighted by Crippen LogP contribution is 2.62. The van der Waals surface area contributed by atoms with Crippen LogP contribution in [0.4, 0.5) is 0 Å². The zero-order valence-electron chi connectivity index (χ0n) is 2.92. The van der Waals surface area contributed by atoms with Crippen molar-refractivity contribution < 1.29 is 5.11 Å². The molecule has 1 heterocycles. The first-order valence-corrected chi connectivity index (χ1v) is 4.25. The molecule has 1 rings (SSSR count). The second-order valence-corrected chi connectivity index (χ2v) is 4.30. The third kappa shape index (κ3) is 0.992. The molecule has 0 saturated carbocycles. The molecular formula is C2H4OS3. The van der Waals surface area contributed by atoms with Crippen molar-refractivity contribution >= 4 is 34.2 Å². The predicted molar refractivity (Wildman–Crippen MR) is 34.0 cm³/mol. The first kappa shape index (κ1) is 5.15. The quantitative estimate of drug-likeness (QED) is 0.321. The summed E-state index contributed by atoms with van der Waals surface area (Å²) in [6, 6.07) is 0. The lowest BCUT2D eigenvalue weighted by Gasteiger charge is -1.90. The number of hydrogen-bond donors (Lipinski definition) is 2. The van der Waals surface area contributed by atoms with Crippen LogP contribution < -0.4 is 0 Å². The van der Waals surface area contributed by atoms with Crippen molar-refractivity contribution in [3.05, 3.63) is 0 Å². The van der Waals surface area contributed by atoms with Crippen molar-refractivity contribution in [3.63, 3.8) is 0 Å². The normalized spacial score (nSPS) is 27.0. The lowest BCUT2D eigenvalue weighted by atomic mass is 10.8. The van der Waals surface area contributed by atoms with Crippen molar-refractivity contribution in [2.24, 2.45) is 0 Å². The molecule has 36 valence electrons. The summed E-state index contributed by atoms with van der Waals surface area (Å²) < 4.78 is -0.511. The van der Waals surface area contributed by atoms with E-state index in [0.717, 1.165) is 0 Å². The van der Waals surface area contributed by atoms with E-state index >= 15 is 0 Å². The summed E-state index contributed by atoms with van der Waals surface area (Å²) in [6.45, 7) is 0. The fourth-order valence-corrected chi connectivity index (χ4v) is 1.86. The van der Waals surface area contributed by atoms with E-state index in [2.05, 4.69) is 12.6 Å². The topological polar surface area (TPSA) is 20.2 Å². The van der Waals surface area contributed by atoms with E-state index in [1.807, 2.05) is 0 Å². The van der Waals surface area contributed by atoms with E-state index < -0.39 is 4.27 Å². The zero-order chi connectivity index (χ0) is 4.62. The Hall–Kier alpha value is 1.01. The van der Waals surface area contributed by atoms with Crippen LogP contribution in [-0.4, -0.2) is 15.1 Å². The Morgan fingerprint density at radius 1 is 1.67 bits per heavy atom. The van der Waals surface area contributed by atoms with Crippen molar-refractivity contribution in [1.82, 2.24) is 0 Å². The molecule has 0 aromatic heterocycles. The van der Waals surface area contributed by atoms with Gasteiger partial charge in [-0.2, -0.15) is 12.6 Å². The minimum atomic E-state index is -0.511. The molecule has 1 N–H and O–H groups in total. The second-order valence-electron chi connectivity index (χ2n) is 1.04. The van der Waals surface area contributed by atoms with Crippen molar-refractivity contribution in [2.45, 2.75) is 4.27 Å². The Bertz CT molecular complexity index is 59.8. The smallest absolute Gasteiger partial charge is 0.186 e. The van der Waals surface area contributed by atoms with Gasteiger partial charge in [-0.3, -0.25) is 0 Å². The molecule has 0 amide bonds. The van der Waals surface area contributed by atoms with Gasteiger partial charge in [-0.05, 0) is 21.6 Å². The predicted octanol–water partition coefficient (Wildman–Crippen LogP) is 0.957. The summed E-state index contributed by atoms with van der Waals surface area (Å²) in [6.07, 6.45) is 0. The van der Waals surface area contributed by atoms with Crippen LogP contribution >= 0.6 is 34.2 Å². The van der Waals surface area contributed by atoms with Gasteiger partial charge in [0.2, 0.25) is 0 Å². The van der Waals surface area contributed by atoms with Gasteiger partial charge in [-0.15, -0.1) is 0 Å². The number of aliphatic hydroxyl groups is 1. The van der Waals surface area contributed by atoms with Gasteiger partial charge in [0.05, 0.1) is 0 Å². The molecule has 0 bridgehead atoms. The maximum absolute atomic E-state index is 8.79. The molecule has 0 aromatic carbocycles. The number of rotatable bonds is 1. The van der Waals surface area contributed by atoms with Crippen LogP contribution in [0.3, 0.4) is 0 Å². The van der Waals surface area contributed by atoms with Crippen molar-refractivity contribution in [3.8, 4) is 0 Å². The van der Waals surface area contributed by atoms with Gasteiger partial charge in [-0.25, -0.2) is 0 Å². The maximum atomic E-state index is 8.79. The summed E-state index contributed by atoms with van der Waals surface area (Å²) >= 11 is 3.87. The molecule has 0 atom stereocenters. The van der Waals surface area contributed by atoms with Gasteiger partial charge in [0, 0.05) is 5.75 Å². The monoisotopic (exact) mass is 140 g/mol. The standard InChI is InChI=1S/C2H4OS3/c3-2(1-4)5-6-2/h3-4H,1H2. The van der Waals surface area contributed by atoms with Gasteiger partial charge < -0.3 is 5.11 Å². The Balaban J connectivity index is 2.28. The minimum absolute atomic E-state index is 0.511. The van der Waals surface area contributed by atoms with Crippen LogP contribution in [0.1, 0.15) is 0 Å². The van der Waals surface area contributed by atoms with Gasteiger partial charge in [0.1, 0.15) is 0 Å². The van der Waals surface area contributed by atoms with E-state index in [9.17, 15) is 0 Å². The molecule has 1 fully saturated rings. The Morgan fingerprint density at radius 3 is 2.17 bits per heavy atom. The number of thiol groups is 1. The molecule has 1 aliphatic heterocycles. The Morgan fingerprint density at radius 2 is 2.17 bits per heavy atom. The van der Waals surface area contributed by atoms with Crippen LogP contribution in [0.15, 0.2) is 0 Å². The van der Waals surface area contributed by atoms with Gasteiger partial charge in [-0.1, -0.05) is 0 Å². The zero-order valence-corrected chi connectivity index (χ0v) is 5.45. The highest BCUT2D eigenvalue weighted by Gasteiger charge is 2.42. The summed E-state index contributed by atoms with van der Waals surface area (Å²) in [5, 5.41) is 8.79. The molecule has 0 aliphatic carbocycles. The average Bonchev–Trinajstić information content (AvgIpc) is 2.22. The lowest BCUT2D eigenvalue weighted by Crippen LogP contribution is -2.02. The van der Waals surface area contributed by atoms with Crippen LogP contribution in [0, 0.1) is 0 Å². The van der Waals surface area contributed by atoms with E-state index in [4.69, 9.17) is 5.11 Å². The molecule has 1 aliphatic rings. The number of hydrogen-bond acceptors (Lipinski definition) is 4. The highest BCUT2D eigenvalue weighted by atomic mass is 33.2. The Kier molecular flexibility index (Phi) is 1.29. The van der Waals surface area contributed by atoms with E-state index in [0.29, 0.717) is 5.75 Å². The van der Waals surface area contributed by atoms with Gasteiger partial charge in [0.25, 0.3) is 0 Å². The SMILES string of the molecule is OC1(CS)SS1. The molecule has 6 heavy (non-hydrogen) atoms. The highest BCUT2D eigenvalue weighted by molar-refractivity contribution is 8.93. The maximum Gasteiger partial charge on any atom is 0.186 e. The summed E-state index contributed by atoms with van der Waals surface area (Å²) in [5.41, 5.74) is 0. The second kappa shape index (κ2) is 1.51. The fourth-order valence-electron chi connectivity index (χ4n) is 0.101. The fraction of sp³-hybridized carbons (Fsp3) is 1.00. The molecule has 0 unspecified atom stereocenters. The van der Waals surface area contributed by atoms with Crippen molar-refractivity contribution in [2.75, 3.05) is 5.75 Å². The van der Waals surface area contributed by atoms with Crippen LogP contribution in [0.2, 0.25) is 0 Å². The van der Waals surface area contributed by atoms with E-state index in [-0.39, 0.29) is 0 Å². The molecule has 0 spiro atoms. The molecule has 1 nitrogen and oxygen atoms in total. The molecule has 0 radical (unpaired) electrons. The molecular weight excluding hydrogens is 136 g/mol. The van der Waals surface area contributed by atoms with Crippen LogP contribution in [0.5, 0.6) is 0 Å². The summed E-state index contributed by atoms with van der Waals surface area (Å²) in [4.78, 5) is 0. The van der Waals surface area contributed by atoms with Crippen molar-refractivity contribution in [1.29, 1.82) is 0 Å².